The molecule has 2 heterocycles. The molecule has 1 atom stereocenters. The van der Waals surface area contributed by atoms with Crippen LogP contribution in [0.1, 0.15) is 37.8 Å². The third kappa shape index (κ3) is 4.58. The summed E-state index contributed by atoms with van der Waals surface area (Å²) in [6.45, 7) is 0. The third-order valence-electron chi connectivity index (χ3n) is 4.03. The van der Waals surface area contributed by atoms with E-state index in [1.807, 2.05) is 18.2 Å². The highest BCUT2D eigenvalue weighted by Gasteiger charge is 2.15. The molecule has 0 aromatic carbocycles. The zero-order valence-electron chi connectivity index (χ0n) is 13.4. The molecule has 5 nitrogen and oxygen atoms in total. The molecule has 3 rings (SSSR count). The van der Waals surface area contributed by atoms with Crippen LogP contribution in [-0.2, 0) is 16.6 Å². The van der Waals surface area contributed by atoms with Crippen molar-refractivity contribution in [1.29, 1.82) is 0 Å². The molecular weight excluding hydrogens is 308 g/mol. The predicted molar refractivity (Wildman–Crippen MR) is 93.5 cm³/mol. The Labute approximate surface area is 139 Å². The van der Waals surface area contributed by atoms with Crippen LogP contribution in [0.25, 0.3) is 11.4 Å². The lowest BCUT2D eigenvalue weighted by atomic mass is 9.95. The standard InChI is InChI=1S/C17H22N4OS/c1-23(22)12-15-11-16(19-14-5-3-2-4-6-14)21-17(20-15)13-7-9-18-10-8-13/h7-11,14H,2-6,12H2,1H3,(H,19,20,21)/t23-/m1/s1. The second-order valence-corrected chi connectivity index (χ2v) is 7.44. The fourth-order valence-electron chi connectivity index (χ4n) is 2.94. The molecule has 1 aliphatic rings. The van der Waals surface area contributed by atoms with Crippen LogP contribution in [0.5, 0.6) is 0 Å². The van der Waals surface area contributed by atoms with E-state index in [4.69, 9.17) is 0 Å². The number of aromatic nitrogens is 3. The van der Waals surface area contributed by atoms with Gasteiger partial charge in [0.1, 0.15) is 5.82 Å². The lowest BCUT2D eigenvalue weighted by molar-refractivity contribution is 0.462. The summed E-state index contributed by atoms with van der Waals surface area (Å²) in [4.78, 5) is 13.3. The monoisotopic (exact) mass is 330 g/mol. The van der Waals surface area contributed by atoms with Gasteiger partial charge in [-0.1, -0.05) is 19.3 Å². The molecule has 1 saturated carbocycles. The highest BCUT2D eigenvalue weighted by atomic mass is 32.2. The Morgan fingerprint density at radius 1 is 1.17 bits per heavy atom. The third-order valence-corrected chi connectivity index (χ3v) is 4.73. The smallest absolute Gasteiger partial charge is 0.161 e. The molecule has 2 aromatic rings. The summed E-state index contributed by atoms with van der Waals surface area (Å²) >= 11 is 0. The molecule has 23 heavy (non-hydrogen) atoms. The van der Waals surface area contributed by atoms with Crippen molar-refractivity contribution in [1.82, 2.24) is 15.0 Å². The molecule has 1 N–H and O–H groups in total. The molecule has 0 bridgehead atoms. The summed E-state index contributed by atoms with van der Waals surface area (Å²) in [6, 6.07) is 6.20. The van der Waals surface area contributed by atoms with Gasteiger partial charge in [-0.2, -0.15) is 0 Å². The SMILES string of the molecule is C[S@@](=O)Cc1cc(NC2CCCCC2)nc(-c2ccncc2)n1. The quantitative estimate of drug-likeness (QED) is 0.912. The molecular formula is C17H22N4OS. The number of hydrogen-bond donors (Lipinski definition) is 1. The predicted octanol–water partition coefficient (Wildman–Crippen LogP) is 3.16. The Hall–Kier alpha value is -1.82. The molecule has 122 valence electrons. The van der Waals surface area contributed by atoms with E-state index in [1.54, 1.807) is 18.6 Å². The molecule has 0 unspecified atom stereocenters. The summed E-state index contributed by atoms with van der Waals surface area (Å²) in [5, 5.41) is 3.54. The lowest BCUT2D eigenvalue weighted by Gasteiger charge is -2.23. The molecule has 0 saturated heterocycles. The van der Waals surface area contributed by atoms with E-state index < -0.39 is 10.8 Å². The molecule has 0 spiro atoms. The minimum Gasteiger partial charge on any atom is -0.367 e. The minimum absolute atomic E-state index is 0.444. The van der Waals surface area contributed by atoms with E-state index in [2.05, 4.69) is 20.3 Å². The van der Waals surface area contributed by atoms with Crippen molar-refractivity contribution in [3.63, 3.8) is 0 Å². The Kier molecular flexibility index (Phi) is 5.33. The number of anilines is 1. The Morgan fingerprint density at radius 3 is 2.61 bits per heavy atom. The van der Waals surface area contributed by atoms with Crippen LogP contribution < -0.4 is 5.32 Å². The summed E-state index contributed by atoms with van der Waals surface area (Å²) in [5.41, 5.74) is 1.74. The van der Waals surface area contributed by atoms with Crippen LogP contribution in [0, 0.1) is 0 Å². The number of pyridine rings is 1. The first-order chi connectivity index (χ1) is 11.2. The van der Waals surface area contributed by atoms with Gasteiger partial charge >= 0.3 is 0 Å². The maximum absolute atomic E-state index is 11.6. The normalized spacial score (nSPS) is 16.9. The highest BCUT2D eigenvalue weighted by Crippen LogP contribution is 2.23. The van der Waals surface area contributed by atoms with Crippen LogP contribution >= 0.6 is 0 Å². The van der Waals surface area contributed by atoms with Crippen LogP contribution in [0.4, 0.5) is 5.82 Å². The van der Waals surface area contributed by atoms with Crippen molar-refractivity contribution in [3.05, 3.63) is 36.3 Å². The van der Waals surface area contributed by atoms with Gasteiger partial charge in [-0.15, -0.1) is 0 Å². The van der Waals surface area contributed by atoms with Gasteiger partial charge in [0.15, 0.2) is 5.82 Å². The first-order valence-electron chi connectivity index (χ1n) is 8.05. The maximum atomic E-state index is 11.6. The summed E-state index contributed by atoms with van der Waals surface area (Å²) in [6.07, 6.45) is 11.4. The van der Waals surface area contributed by atoms with Gasteiger partial charge in [-0.25, -0.2) is 9.97 Å². The van der Waals surface area contributed by atoms with Crippen molar-refractivity contribution >= 4 is 16.6 Å². The fourth-order valence-corrected chi connectivity index (χ4v) is 3.50. The Morgan fingerprint density at radius 2 is 1.91 bits per heavy atom. The van der Waals surface area contributed by atoms with E-state index in [1.165, 1.54) is 32.1 Å². The van der Waals surface area contributed by atoms with E-state index in [0.29, 0.717) is 17.6 Å². The van der Waals surface area contributed by atoms with Gasteiger partial charge in [0, 0.05) is 47.1 Å². The van der Waals surface area contributed by atoms with Gasteiger partial charge in [-0.3, -0.25) is 9.19 Å². The Bertz CT molecular complexity index is 672. The number of nitrogens with one attached hydrogen (secondary N) is 1. The van der Waals surface area contributed by atoms with Gasteiger partial charge in [0.25, 0.3) is 0 Å². The second-order valence-electron chi connectivity index (χ2n) is 6.00. The molecule has 0 aliphatic heterocycles. The summed E-state index contributed by atoms with van der Waals surface area (Å²) in [5.74, 6) is 1.94. The van der Waals surface area contributed by atoms with E-state index in [9.17, 15) is 4.21 Å². The number of hydrogen-bond acceptors (Lipinski definition) is 5. The first-order valence-corrected chi connectivity index (χ1v) is 9.78. The molecule has 2 aromatic heterocycles. The summed E-state index contributed by atoms with van der Waals surface area (Å²) < 4.78 is 11.6. The minimum atomic E-state index is -0.927. The second kappa shape index (κ2) is 7.64. The topological polar surface area (TPSA) is 67.8 Å². The summed E-state index contributed by atoms with van der Waals surface area (Å²) in [7, 11) is -0.927. The average Bonchev–Trinajstić information content (AvgIpc) is 2.56. The Balaban J connectivity index is 1.89. The van der Waals surface area contributed by atoms with Gasteiger partial charge in [0.2, 0.25) is 0 Å². The van der Waals surface area contributed by atoms with Crippen LogP contribution in [0.15, 0.2) is 30.6 Å². The van der Waals surface area contributed by atoms with Crippen molar-refractivity contribution in [2.75, 3.05) is 11.6 Å². The van der Waals surface area contributed by atoms with E-state index >= 15 is 0 Å². The largest absolute Gasteiger partial charge is 0.367 e. The molecule has 1 aliphatic carbocycles. The van der Waals surface area contributed by atoms with E-state index in [0.717, 1.165) is 17.1 Å². The number of rotatable bonds is 5. The zero-order valence-corrected chi connectivity index (χ0v) is 14.2. The van der Waals surface area contributed by atoms with Gasteiger partial charge < -0.3 is 5.32 Å². The van der Waals surface area contributed by atoms with Crippen molar-refractivity contribution in [3.8, 4) is 11.4 Å². The van der Waals surface area contributed by atoms with Crippen LogP contribution in [0.3, 0.4) is 0 Å². The molecule has 0 amide bonds. The van der Waals surface area contributed by atoms with Crippen LogP contribution in [-0.4, -0.2) is 31.5 Å². The highest BCUT2D eigenvalue weighted by molar-refractivity contribution is 7.83. The van der Waals surface area contributed by atoms with E-state index in [-0.39, 0.29) is 0 Å². The molecule has 1 fully saturated rings. The maximum Gasteiger partial charge on any atom is 0.161 e. The van der Waals surface area contributed by atoms with Crippen molar-refractivity contribution in [2.45, 2.75) is 43.9 Å². The zero-order chi connectivity index (χ0) is 16.1. The van der Waals surface area contributed by atoms with Gasteiger partial charge in [-0.05, 0) is 25.0 Å². The molecule has 6 heteroatoms. The van der Waals surface area contributed by atoms with Crippen molar-refractivity contribution in [2.24, 2.45) is 0 Å². The first kappa shape index (κ1) is 16.1. The van der Waals surface area contributed by atoms with Gasteiger partial charge in [0.05, 0.1) is 11.4 Å². The molecule has 0 radical (unpaired) electrons. The number of nitrogens with zero attached hydrogens (tertiary/aromatic N) is 3. The van der Waals surface area contributed by atoms with Crippen molar-refractivity contribution < 1.29 is 4.21 Å². The van der Waals surface area contributed by atoms with Crippen LogP contribution in [0.2, 0.25) is 0 Å². The fraction of sp³-hybridized carbons (Fsp3) is 0.471. The average molecular weight is 330 g/mol. The lowest BCUT2D eigenvalue weighted by Crippen LogP contribution is -2.23.